The number of piperidine rings is 1. The Morgan fingerprint density at radius 3 is 2.43 bits per heavy atom. The Bertz CT molecular complexity index is 470. The molecule has 0 bridgehead atoms. The molecule has 1 aliphatic heterocycles. The highest BCUT2D eigenvalue weighted by Gasteiger charge is 2.36. The van der Waals surface area contributed by atoms with Crippen molar-refractivity contribution in [2.45, 2.75) is 64.9 Å². The minimum absolute atomic E-state index is 0.136. The molecule has 1 spiro atoms. The van der Waals surface area contributed by atoms with Crippen molar-refractivity contribution in [1.82, 2.24) is 4.37 Å². The molecule has 118 valence electrons. The Morgan fingerprint density at radius 1 is 1.14 bits per heavy atom. The average Bonchev–Trinajstić information content (AvgIpc) is 2.82. The third kappa shape index (κ3) is 3.12. The number of hydrogen-bond acceptors (Lipinski definition) is 5. The van der Waals surface area contributed by atoms with Gasteiger partial charge >= 0.3 is 0 Å². The van der Waals surface area contributed by atoms with E-state index < -0.39 is 0 Å². The van der Waals surface area contributed by atoms with Crippen molar-refractivity contribution in [2.75, 3.05) is 23.7 Å². The van der Waals surface area contributed by atoms with Gasteiger partial charge in [-0.2, -0.15) is 4.37 Å². The second kappa shape index (κ2) is 6.03. The van der Waals surface area contributed by atoms with E-state index in [1.54, 1.807) is 0 Å². The molecule has 2 N–H and O–H groups in total. The second-order valence-corrected chi connectivity index (χ2v) is 7.67. The summed E-state index contributed by atoms with van der Waals surface area (Å²) < 4.78 is 10.2. The van der Waals surface area contributed by atoms with Gasteiger partial charge in [-0.25, -0.2) is 0 Å². The summed E-state index contributed by atoms with van der Waals surface area (Å²) in [6.45, 7) is 6.31. The predicted molar refractivity (Wildman–Crippen MR) is 89.3 cm³/mol. The molecule has 2 heterocycles. The van der Waals surface area contributed by atoms with Crippen molar-refractivity contribution >= 4 is 22.4 Å². The first-order valence-corrected chi connectivity index (χ1v) is 9.04. The third-order valence-electron chi connectivity index (χ3n) is 5.04. The minimum atomic E-state index is 0.136. The zero-order valence-electron chi connectivity index (χ0n) is 13.2. The van der Waals surface area contributed by atoms with E-state index >= 15 is 0 Å². The molecule has 1 aliphatic carbocycles. The number of nitrogens with two attached hydrogens (primary N) is 1. The molecular formula is C16H27N3OS. The van der Waals surface area contributed by atoms with E-state index in [2.05, 4.69) is 9.27 Å². The van der Waals surface area contributed by atoms with Crippen molar-refractivity contribution in [3.05, 3.63) is 0 Å². The maximum absolute atomic E-state index is 5.98. The van der Waals surface area contributed by atoms with Gasteiger partial charge in [-0.1, -0.05) is 19.3 Å². The van der Waals surface area contributed by atoms with Crippen LogP contribution in [-0.4, -0.2) is 23.6 Å². The average molecular weight is 309 g/mol. The highest BCUT2D eigenvalue weighted by Crippen LogP contribution is 2.47. The van der Waals surface area contributed by atoms with Crippen LogP contribution in [0.15, 0.2) is 0 Å². The first kappa shape index (κ1) is 14.9. The molecule has 3 rings (SSSR count). The standard InChI is InChI=1S/C16H27N3OS/c1-12(2)20-13-14(17)18-21-15(13)19-10-8-16(9-11-19)6-4-3-5-7-16/h12H,3-11H2,1-2H3,(H2,17,18). The minimum Gasteiger partial charge on any atom is -0.484 e. The van der Waals surface area contributed by atoms with Crippen molar-refractivity contribution < 1.29 is 4.74 Å². The van der Waals surface area contributed by atoms with E-state index in [9.17, 15) is 0 Å². The maximum Gasteiger partial charge on any atom is 0.198 e. The molecular weight excluding hydrogens is 282 g/mol. The Hall–Kier alpha value is -0.970. The summed E-state index contributed by atoms with van der Waals surface area (Å²) in [6.07, 6.45) is 9.91. The Kier molecular flexibility index (Phi) is 4.29. The molecule has 1 saturated heterocycles. The predicted octanol–water partition coefficient (Wildman–Crippen LogP) is 4.06. The lowest BCUT2D eigenvalue weighted by Crippen LogP contribution is -2.41. The molecule has 2 aliphatic rings. The molecule has 0 atom stereocenters. The molecule has 1 saturated carbocycles. The topological polar surface area (TPSA) is 51.4 Å². The number of hydrogen-bond donors (Lipinski definition) is 1. The van der Waals surface area contributed by atoms with E-state index in [1.165, 1.54) is 56.5 Å². The number of nitrogens with zero attached hydrogens (tertiary/aromatic N) is 2. The fourth-order valence-electron chi connectivity index (χ4n) is 3.82. The van der Waals surface area contributed by atoms with Gasteiger partial charge in [0.05, 0.1) is 6.10 Å². The summed E-state index contributed by atoms with van der Waals surface area (Å²) in [4.78, 5) is 2.44. The molecule has 0 unspecified atom stereocenters. The molecule has 1 aromatic rings. The van der Waals surface area contributed by atoms with Crippen LogP contribution < -0.4 is 15.4 Å². The van der Waals surface area contributed by atoms with Gasteiger partial charge in [0, 0.05) is 13.1 Å². The van der Waals surface area contributed by atoms with Crippen LogP contribution in [0.1, 0.15) is 58.8 Å². The quantitative estimate of drug-likeness (QED) is 0.914. The second-order valence-electron chi connectivity index (χ2n) is 6.92. The zero-order valence-corrected chi connectivity index (χ0v) is 14.0. The fraction of sp³-hybridized carbons (Fsp3) is 0.812. The van der Waals surface area contributed by atoms with Crippen LogP contribution >= 0.6 is 11.5 Å². The van der Waals surface area contributed by atoms with Crippen LogP contribution in [0.5, 0.6) is 5.75 Å². The first-order chi connectivity index (χ1) is 10.1. The molecule has 5 heteroatoms. The summed E-state index contributed by atoms with van der Waals surface area (Å²) in [5.74, 6) is 1.34. The van der Waals surface area contributed by atoms with Crippen LogP contribution in [0.2, 0.25) is 0 Å². The summed E-state index contributed by atoms with van der Waals surface area (Å²) in [7, 11) is 0. The van der Waals surface area contributed by atoms with Crippen LogP contribution in [0.4, 0.5) is 10.8 Å². The normalized spacial score (nSPS) is 22.0. The van der Waals surface area contributed by atoms with Crippen molar-refractivity contribution in [3.63, 3.8) is 0 Å². The van der Waals surface area contributed by atoms with E-state index in [0.29, 0.717) is 11.2 Å². The van der Waals surface area contributed by atoms with Gasteiger partial charge in [0.2, 0.25) is 0 Å². The van der Waals surface area contributed by atoms with Crippen LogP contribution in [0.3, 0.4) is 0 Å². The van der Waals surface area contributed by atoms with Crippen LogP contribution in [0.25, 0.3) is 0 Å². The SMILES string of the molecule is CC(C)Oc1c(N)nsc1N1CCC2(CCCCC2)CC1. The van der Waals surface area contributed by atoms with E-state index in [4.69, 9.17) is 10.5 Å². The van der Waals surface area contributed by atoms with Gasteiger partial charge in [0.25, 0.3) is 0 Å². The lowest BCUT2D eigenvalue weighted by Gasteiger charge is -2.44. The number of aromatic nitrogens is 1. The summed E-state index contributed by atoms with van der Waals surface area (Å²) in [5.41, 5.74) is 6.61. The van der Waals surface area contributed by atoms with Crippen LogP contribution in [0, 0.1) is 5.41 Å². The van der Waals surface area contributed by atoms with E-state index in [-0.39, 0.29) is 6.10 Å². The van der Waals surface area contributed by atoms with Gasteiger partial charge < -0.3 is 15.4 Å². The first-order valence-electron chi connectivity index (χ1n) is 8.26. The van der Waals surface area contributed by atoms with E-state index in [0.717, 1.165) is 23.8 Å². The fourth-order valence-corrected chi connectivity index (χ4v) is 4.62. The monoisotopic (exact) mass is 309 g/mol. The van der Waals surface area contributed by atoms with Gasteiger partial charge in [-0.15, -0.1) is 0 Å². The highest BCUT2D eigenvalue weighted by atomic mass is 32.1. The number of nitrogen functional groups attached to an aromatic ring is 1. The molecule has 0 radical (unpaired) electrons. The molecule has 21 heavy (non-hydrogen) atoms. The molecule has 4 nitrogen and oxygen atoms in total. The highest BCUT2D eigenvalue weighted by molar-refractivity contribution is 7.11. The summed E-state index contributed by atoms with van der Waals surface area (Å²) in [6, 6.07) is 0. The lowest BCUT2D eigenvalue weighted by molar-refractivity contribution is 0.144. The summed E-state index contributed by atoms with van der Waals surface area (Å²) in [5, 5.41) is 1.13. The molecule has 0 aromatic carbocycles. The van der Waals surface area contributed by atoms with Gasteiger partial charge in [-0.3, -0.25) is 0 Å². The largest absolute Gasteiger partial charge is 0.484 e. The number of rotatable bonds is 3. The number of anilines is 2. The Morgan fingerprint density at radius 2 is 1.81 bits per heavy atom. The smallest absolute Gasteiger partial charge is 0.198 e. The lowest BCUT2D eigenvalue weighted by atomic mass is 9.68. The Balaban J connectivity index is 1.69. The van der Waals surface area contributed by atoms with E-state index in [1.807, 2.05) is 13.8 Å². The maximum atomic E-state index is 5.98. The number of ether oxygens (including phenoxy) is 1. The molecule has 2 fully saturated rings. The van der Waals surface area contributed by atoms with Gasteiger partial charge in [0.1, 0.15) is 0 Å². The van der Waals surface area contributed by atoms with Gasteiger partial charge in [0.15, 0.2) is 16.6 Å². The molecule has 1 aromatic heterocycles. The van der Waals surface area contributed by atoms with Crippen molar-refractivity contribution in [3.8, 4) is 5.75 Å². The zero-order chi connectivity index (χ0) is 14.9. The van der Waals surface area contributed by atoms with Crippen molar-refractivity contribution in [1.29, 1.82) is 0 Å². The van der Waals surface area contributed by atoms with Crippen LogP contribution in [-0.2, 0) is 0 Å². The third-order valence-corrected chi connectivity index (χ3v) is 5.94. The van der Waals surface area contributed by atoms with Crippen molar-refractivity contribution in [2.24, 2.45) is 5.41 Å². The summed E-state index contributed by atoms with van der Waals surface area (Å²) >= 11 is 1.49. The Labute approximate surface area is 131 Å². The van der Waals surface area contributed by atoms with Gasteiger partial charge in [-0.05, 0) is 56.5 Å². The molecule has 0 amide bonds.